The third kappa shape index (κ3) is 9.72. The minimum absolute atomic E-state index is 0.141. The van der Waals surface area contributed by atoms with Crippen LogP contribution in [0.15, 0.2) is 0 Å². The molecule has 0 aromatic carbocycles. The van der Waals surface area contributed by atoms with Crippen LogP contribution < -0.4 is 0 Å². The van der Waals surface area contributed by atoms with Crippen molar-refractivity contribution in [2.75, 3.05) is 66.1 Å². The molecule has 0 saturated heterocycles. The highest BCUT2D eigenvalue weighted by molar-refractivity contribution is 4.80. The van der Waals surface area contributed by atoms with Gasteiger partial charge in [0.05, 0.1) is 76.9 Å². The molecule has 0 spiro atoms. The number of rotatable bonds is 13. The smallest absolute Gasteiger partial charge is 0.105 e. The first-order valence-corrected chi connectivity index (χ1v) is 7.60. The van der Waals surface area contributed by atoms with Gasteiger partial charge >= 0.3 is 0 Å². The molecule has 0 heterocycles. The number of aliphatic hydroxyl groups is 10. The molecule has 154 valence electrons. The maximum atomic E-state index is 9.03. The summed E-state index contributed by atoms with van der Waals surface area (Å²) in [4.78, 5) is 0. The van der Waals surface area contributed by atoms with E-state index in [1.165, 1.54) is 0 Å². The summed E-state index contributed by atoms with van der Waals surface area (Å²) in [7, 11) is 0. The van der Waals surface area contributed by atoms with Crippen LogP contribution in [0.1, 0.15) is 0 Å². The zero-order valence-electron chi connectivity index (χ0n) is 14.1. The van der Waals surface area contributed by atoms with Gasteiger partial charge in [0, 0.05) is 0 Å². The molecule has 2 atom stereocenters. The third-order valence-electron chi connectivity index (χ3n) is 3.65. The van der Waals surface area contributed by atoms with Gasteiger partial charge in [0.25, 0.3) is 0 Å². The molecule has 0 aliphatic heterocycles. The zero-order valence-corrected chi connectivity index (χ0v) is 14.1. The fourth-order valence-electron chi connectivity index (χ4n) is 1.30. The van der Waals surface area contributed by atoms with E-state index in [-0.39, 0.29) is 13.2 Å². The Kier molecular flexibility index (Phi) is 15.8. The molecule has 0 aliphatic rings. The fourth-order valence-corrected chi connectivity index (χ4v) is 1.30. The van der Waals surface area contributed by atoms with Gasteiger partial charge in [-0.15, -0.1) is 0 Å². The summed E-state index contributed by atoms with van der Waals surface area (Å²) in [6.07, 6.45) is -2.44. The Hall–Kier alpha value is -0.440. The highest BCUT2D eigenvalue weighted by Crippen LogP contribution is 2.19. The minimum atomic E-state index is -1.22. The predicted molar refractivity (Wildman–Crippen MR) is 84.4 cm³/mol. The normalized spacial score (nSPS) is 14.6. The Bertz CT molecular complexity index is 250. The molecule has 0 saturated carbocycles. The van der Waals surface area contributed by atoms with Crippen molar-refractivity contribution in [3.63, 3.8) is 0 Å². The van der Waals surface area contributed by atoms with Crippen LogP contribution in [-0.4, -0.2) is 129 Å². The molecular formula is C14H32O11. The van der Waals surface area contributed by atoms with Crippen molar-refractivity contribution in [1.82, 2.24) is 0 Å². The summed E-state index contributed by atoms with van der Waals surface area (Å²) in [5.41, 5.74) is -2.32. The van der Waals surface area contributed by atoms with Gasteiger partial charge in [-0.25, -0.2) is 0 Å². The predicted octanol–water partition coefficient (Wildman–Crippen LogP) is -5.38. The van der Waals surface area contributed by atoms with E-state index in [1.54, 1.807) is 0 Å². The molecule has 0 rings (SSSR count). The summed E-state index contributed by atoms with van der Waals surface area (Å²) >= 11 is 0. The SMILES string of the molecule is OCC(CO)(CO)COCC(CO)(CO)CO.OCC(O)C(O)CO. The van der Waals surface area contributed by atoms with Crippen LogP contribution in [0.3, 0.4) is 0 Å². The van der Waals surface area contributed by atoms with E-state index >= 15 is 0 Å². The van der Waals surface area contributed by atoms with Crippen molar-refractivity contribution in [2.24, 2.45) is 10.8 Å². The van der Waals surface area contributed by atoms with E-state index in [0.717, 1.165) is 0 Å². The summed E-state index contributed by atoms with van der Waals surface area (Å²) in [6.45, 7) is -4.06. The van der Waals surface area contributed by atoms with Crippen molar-refractivity contribution in [2.45, 2.75) is 12.2 Å². The van der Waals surface area contributed by atoms with Crippen LogP contribution in [0.5, 0.6) is 0 Å². The first-order chi connectivity index (χ1) is 11.8. The molecule has 0 radical (unpaired) electrons. The second-order valence-electron chi connectivity index (χ2n) is 5.94. The standard InChI is InChI=1S/C10H22O7.C4H10O4/c11-1-9(2-12,3-13)7-17-8-10(4-14,5-15)6-16;5-1-3(7)4(8)2-6/h11-16H,1-8H2;3-8H,1-2H2. The maximum Gasteiger partial charge on any atom is 0.105 e. The van der Waals surface area contributed by atoms with E-state index in [4.69, 9.17) is 55.8 Å². The van der Waals surface area contributed by atoms with E-state index in [1.807, 2.05) is 0 Å². The molecule has 11 heteroatoms. The molecule has 0 amide bonds. The average molecular weight is 376 g/mol. The summed E-state index contributed by atoms with van der Waals surface area (Å²) in [5.74, 6) is 0. The van der Waals surface area contributed by atoms with Crippen LogP contribution in [0, 0.1) is 10.8 Å². The minimum Gasteiger partial charge on any atom is -0.396 e. The van der Waals surface area contributed by atoms with Crippen molar-refractivity contribution < 1.29 is 55.8 Å². The second-order valence-corrected chi connectivity index (χ2v) is 5.94. The lowest BCUT2D eigenvalue weighted by atomic mass is 9.91. The van der Waals surface area contributed by atoms with Gasteiger partial charge in [-0.3, -0.25) is 0 Å². The average Bonchev–Trinajstić information content (AvgIpc) is 2.68. The van der Waals surface area contributed by atoms with Crippen LogP contribution in [0.25, 0.3) is 0 Å². The van der Waals surface area contributed by atoms with E-state index in [9.17, 15) is 0 Å². The Morgan fingerprint density at radius 2 is 0.760 bits per heavy atom. The zero-order chi connectivity index (χ0) is 19.9. The Balaban J connectivity index is 0. The third-order valence-corrected chi connectivity index (χ3v) is 3.65. The molecule has 0 aromatic heterocycles. The van der Waals surface area contributed by atoms with Crippen molar-refractivity contribution in [3.05, 3.63) is 0 Å². The van der Waals surface area contributed by atoms with Gasteiger partial charge in [-0.05, 0) is 0 Å². The van der Waals surface area contributed by atoms with Crippen molar-refractivity contribution >= 4 is 0 Å². The number of aliphatic hydroxyl groups excluding tert-OH is 10. The first-order valence-electron chi connectivity index (χ1n) is 7.60. The Labute approximate surface area is 146 Å². The maximum absolute atomic E-state index is 9.03. The van der Waals surface area contributed by atoms with Crippen molar-refractivity contribution in [1.29, 1.82) is 0 Å². The summed E-state index contributed by atoms with van der Waals surface area (Å²) in [5, 5.41) is 87.3. The lowest BCUT2D eigenvalue weighted by Crippen LogP contribution is -2.43. The Morgan fingerprint density at radius 1 is 0.520 bits per heavy atom. The van der Waals surface area contributed by atoms with Gasteiger partial charge in [0.1, 0.15) is 12.2 Å². The highest BCUT2D eigenvalue weighted by Gasteiger charge is 2.32. The largest absolute Gasteiger partial charge is 0.396 e. The summed E-state index contributed by atoms with van der Waals surface area (Å²) in [6, 6.07) is 0. The monoisotopic (exact) mass is 376 g/mol. The molecule has 0 bridgehead atoms. The lowest BCUT2D eigenvalue weighted by molar-refractivity contribution is -0.103. The number of hydrogen-bond donors (Lipinski definition) is 10. The molecule has 0 aromatic rings. The fraction of sp³-hybridized carbons (Fsp3) is 1.00. The van der Waals surface area contributed by atoms with Gasteiger partial charge < -0.3 is 55.8 Å². The Morgan fingerprint density at radius 3 is 0.920 bits per heavy atom. The van der Waals surface area contributed by atoms with Crippen LogP contribution in [0.2, 0.25) is 0 Å². The van der Waals surface area contributed by atoms with E-state index in [0.29, 0.717) is 0 Å². The molecular weight excluding hydrogens is 344 g/mol. The molecule has 0 aliphatic carbocycles. The highest BCUT2D eigenvalue weighted by atomic mass is 16.5. The number of hydrogen-bond acceptors (Lipinski definition) is 11. The topological polar surface area (TPSA) is 212 Å². The molecule has 25 heavy (non-hydrogen) atoms. The van der Waals surface area contributed by atoms with Crippen molar-refractivity contribution in [3.8, 4) is 0 Å². The first kappa shape index (κ1) is 26.8. The van der Waals surface area contributed by atoms with Gasteiger partial charge in [0.2, 0.25) is 0 Å². The van der Waals surface area contributed by atoms with Crippen LogP contribution in [0.4, 0.5) is 0 Å². The van der Waals surface area contributed by atoms with Crippen LogP contribution in [-0.2, 0) is 4.74 Å². The second kappa shape index (κ2) is 14.7. The lowest BCUT2D eigenvalue weighted by Gasteiger charge is -2.31. The molecule has 11 nitrogen and oxygen atoms in total. The van der Waals surface area contributed by atoms with E-state index in [2.05, 4.69) is 0 Å². The molecule has 0 fully saturated rings. The molecule has 2 unspecified atom stereocenters. The summed E-state index contributed by atoms with van der Waals surface area (Å²) < 4.78 is 5.15. The van der Waals surface area contributed by atoms with Gasteiger partial charge in [-0.2, -0.15) is 0 Å². The molecule has 10 N–H and O–H groups in total. The van der Waals surface area contributed by atoms with Gasteiger partial charge in [0.15, 0.2) is 0 Å². The van der Waals surface area contributed by atoms with E-state index < -0.39 is 75.9 Å². The number of ether oxygens (including phenoxy) is 1. The van der Waals surface area contributed by atoms with Crippen LogP contribution >= 0.6 is 0 Å². The van der Waals surface area contributed by atoms with Gasteiger partial charge in [-0.1, -0.05) is 0 Å². The quantitative estimate of drug-likeness (QED) is 0.146.